The minimum Gasteiger partial charge on any atom is -0.337 e. The van der Waals surface area contributed by atoms with Gasteiger partial charge in [-0.25, -0.2) is 13.2 Å². The SMILES string of the molecule is Fc1ccc(C=CCCN2CC[C@@H]3[C@@H](C2)c2cc(F)ccc2N3c2ccc(F)cc2)cc1. The molecule has 0 bridgehead atoms. The second kappa shape index (κ2) is 8.83. The zero-order chi connectivity index (χ0) is 22.1. The lowest BCUT2D eigenvalue weighted by molar-refractivity contribution is 0.200. The van der Waals surface area contributed by atoms with Crippen molar-refractivity contribution < 1.29 is 13.2 Å². The summed E-state index contributed by atoms with van der Waals surface area (Å²) in [6, 6.07) is 18.3. The van der Waals surface area contributed by atoms with Crippen LogP contribution in [-0.2, 0) is 0 Å². The molecule has 3 aromatic rings. The molecule has 3 aromatic carbocycles. The molecule has 164 valence electrons. The first kappa shape index (κ1) is 20.8. The van der Waals surface area contributed by atoms with Gasteiger partial charge in [0.25, 0.3) is 0 Å². The molecule has 0 unspecified atom stereocenters. The largest absolute Gasteiger partial charge is 0.337 e. The molecule has 5 heteroatoms. The van der Waals surface area contributed by atoms with Crippen LogP contribution < -0.4 is 4.90 Å². The van der Waals surface area contributed by atoms with Crippen molar-refractivity contribution in [3.8, 4) is 0 Å². The van der Waals surface area contributed by atoms with E-state index < -0.39 is 0 Å². The first-order valence-electron chi connectivity index (χ1n) is 11.1. The Kier molecular flexibility index (Phi) is 5.75. The molecule has 0 spiro atoms. The van der Waals surface area contributed by atoms with Crippen molar-refractivity contribution in [1.82, 2.24) is 4.90 Å². The van der Waals surface area contributed by atoms with Crippen molar-refractivity contribution in [2.45, 2.75) is 24.8 Å². The minimum atomic E-state index is -0.257. The van der Waals surface area contributed by atoms with E-state index in [4.69, 9.17) is 0 Å². The first-order valence-corrected chi connectivity index (χ1v) is 11.1. The fourth-order valence-electron chi connectivity index (χ4n) is 5.03. The molecule has 0 aliphatic carbocycles. The Morgan fingerprint density at radius 3 is 2.28 bits per heavy atom. The van der Waals surface area contributed by atoms with E-state index in [1.165, 1.54) is 30.3 Å². The maximum absolute atomic E-state index is 14.1. The standard InChI is InChI=1S/C27H25F3N2/c28-20-6-4-19(5-7-20)3-1-2-15-31-16-14-27-25(18-31)24-17-22(30)10-13-26(24)32(27)23-11-8-21(29)9-12-23/h1,3-13,17,25,27H,2,14-16,18H2/t25-,27+/m0/s1. The number of benzene rings is 3. The molecule has 2 atom stereocenters. The van der Waals surface area contributed by atoms with Crippen LogP contribution in [0.4, 0.5) is 24.5 Å². The van der Waals surface area contributed by atoms with Gasteiger partial charge in [0.2, 0.25) is 0 Å². The lowest BCUT2D eigenvalue weighted by Crippen LogP contribution is -2.45. The van der Waals surface area contributed by atoms with Gasteiger partial charge in [0.1, 0.15) is 17.5 Å². The molecule has 0 radical (unpaired) electrons. The van der Waals surface area contributed by atoms with E-state index >= 15 is 0 Å². The second-order valence-corrected chi connectivity index (χ2v) is 8.56. The van der Waals surface area contributed by atoms with Gasteiger partial charge in [0.15, 0.2) is 0 Å². The zero-order valence-electron chi connectivity index (χ0n) is 17.7. The lowest BCUT2D eigenvalue weighted by atomic mass is 9.89. The summed E-state index contributed by atoms with van der Waals surface area (Å²) in [5.41, 5.74) is 3.99. The van der Waals surface area contributed by atoms with Crippen molar-refractivity contribution in [3.63, 3.8) is 0 Å². The van der Waals surface area contributed by atoms with E-state index in [0.717, 1.165) is 55.0 Å². The Bertz CT molecular complexity index is 1110. The van der Waals surface area contributed by atoms with E-state index in [9.17, 15) is 13.2 Å². The molecule has 2 nitrogen and oxygen atoms in total. The van der Waals surface area contributed by atoms with Gasteiger partial charge in [0, 0.05) is 43.0 Å². The average molecular weight is 435 g/mol. The lowest BCUT2D eigenvalue weighted by Gasteiger charge is -2.39. The zero-order valence-corrected chi connectivity index (χ0v) is 17.7. The van der Waals surface area contributed by atoms with Crippen molar-refractivity contribution in [3.05, 3.63) is 101 Å². The van der Waals surface area contributed by atoms with E-state index in [2.05, 4.69) is 15.9 Å². The fraction of sp³-hybridized carbons (Fsp3) is 0.259. The van der Waals surface area contributed by atoms with E-state index in [0.29, 0.717) is 0 Å². The van der Waals surface area contributed by atoms with Crippen LogP contribution in [0.5, 0.6) is 0 Å². The van der Waals surface area contributed by atoms with Gasteiger partial charge in [-0.3, -0.25) is 0 Å². The Morgan fingerprint density at radius 2 is 1.53 bits per heavy atom. The third-order valence-corrected chi connectivity index (χ3v) is 6.54. The molecular formula is C27H25F3N2. The van der Waals surface area contributed by atoms with Gasteiger partial charge in [-0.1, -0.05) is 24.3 Å². The smallest absolute Gasteiger partial charge is 0.123 e. The summed E-state index contributed by atoms with van der Waals surface area (Å²) < 4.78 is 40.6. The molecule has 32 heavy (non-hydrogen) atoms. The number of nitrogens with zero attached hydrogens (tertiary/aromatic N) is 2. The van der Waals surface area contributed by atoms with E-state index in [1.54, 1.807) is 30.3 Å². The number of rotatable bonds is 5. The van der Waals surface area contributed by atoms with Crippen LogP contribution in [0.1, 0.15) is 29.9 Å². The summed E-state index contributed by atoms with van der Waals surface area (Å²) >= 11 is 0. The molecule has 0 aromatic heterocycles. The Balaban J connectivity index is 1.30. The van der Waals surface area contributed by atoms with Crippen LogP contribution >= 0.6 is 0 Å². The van der Waals surface area contributed by atoms with Gasteiger partial charge in [-0.15, -0.1) is 0 Å². The third kappa shape index (κ3) is 4.17. The maximum atomic E-state index is 14.1. The average Bonchev–Trinajstić information content (AvgIpc) is 3.11. The Morgan fingerprint density at radius 1 is 0.844 bits per heavy atom. The first-order chi connectivity index (χ1) is 15.6. The molecule has 2 aliphatic rings. The molecule has 0 amide bonds. The normalized spacial score (nSPS) is 20.5. The fourth-order valence-corrected chi connectivity index (χ4v) is 5.03. The number of fused-ring (bicyclic) bond motifs is 3. The number of hydrogen-bond acceptors (Lipinski definition) is 2. The summed E-state index contributed by atoms with van der Waals surface area (Å²) in [5.74, 6) is -0.497. The number of likely N-dealkylation sites (tertiary alicyclic amines) is 1. The summed E-state index contributed by atoms with van der Waals surface area (Å²) in [6.07, 6.45) is 5.99. The highest BCUT2D eigenvalue weighted by Crippen LogP contribution is 2.48. The molecule has 1 saturated heterocycles. The highest BCUT2D eigenvalue weighted by Gasteiger charge is 2.42. The number of halogens is 3. The van der Waals surface area contributed by atoms with Crippen LogP contribution in [0.15, 0.2) is 72.8 Å². The molecule has 2 aliphatic heterocycles. The highest BCUT2D eigenvalue weighted by atomic mass is 19.1. The van der Waals surface area contributed by atoms with Crippen molar-refractivity contribution in [1.29, 1.82) is 0 Å². The third-order valence-electron chi connectivity index (χ3n) is 6.54. The molecule has 2 heterocycles. The number of hydrogen-bond donors (Lipinski definition) is 0. The van der Waals surface area contributed by atoms with Crippen molar-refractivity contribution in [2.75, 3.05) is 24.5 Å². The van der Waals surface area contributed by atoms with Crippen molar-refractivity contribution >= 4 is 17.5 Å². The summed E-state index contributed by atoms with van der Waals surface area (Å²) in [4.78, 5) is 4.68. The minimum absolute atomic E-state index is 0.209. The van der Waals surface area contributed by atoms with Gasteiger partial charge in [0.05, 0.1) is 0 Å². The van der Waals surface area contributed by atoms with E-state index in [-0.39, 0.29) is 29.4 Å². The molecule has 1 fully saturated rings. The summed E-state index contributed by atoms with van der Waals surface area (Å²) in [5, 5.41) is 0. The topological polar surface area (TPSA) is 6.48 Å². The van der Waals surface area contributed by atoms with Gasteiger partial charge in [-0.2, -0.15) is 0 Å². The summed E-state index contributed by atoms with van der Waals surface area (Å²) in [7, 11) is 0. The van der Waals surface area contributed by atoms with Crippen LogP contribution in [0.2, 0.25) is 0 Å². The van der Waals surface area contributed by atoms with Crippen LogP contribution in [0.25, 0.3) is 6.08 Å². The Labute approximate surface area is 186 Å². The number of piperidine rings is 1. The van der Waals surface area contributed by atoms with Crippen LogP contribution in [0, 0.1) is 17.5 Å². The second-order valence-electron chi connectivity index (χ2n) is 8.56. The Hall–Kier alpha value is -3.05. The monoisotopic (exact) mass is 434 g/mol. The van der Waals surface area contributed by atoms with Gasteiger partial charge < -0.3 is 9.80 Å². The van der Waals surface area contributed by atoms with Crippen LogP contribution in [0.3, 0.4) is 0 Å². The highest BCUT2D eigenvalue weighted by molar-refractivity contribution is 5.73. The van der Waals surface area contributed by atoms with Crippen LogP contribution in [-0.4, -0.2) is 30.6 Å². The summed E-state index contributed by atoms with van der Waals surface area (Å²) in [6.45, 7) is 2.74. The molecule has 5 rings (SSSR count). The number of anilines is 2. The molecule has 0 saturated carbocycles. The maximum Gasteiger partial charge on any atom is 0.123 e. The van der Waals surface area contributed by atoms with Crippen molar-refractivity contribution in [2.24, 2.45) is 0 Å². The van der Waals surface area contributed by atoms with Gasteiger partial charge in [-0.05, 0) is 78.6 Å². The predicted octanol–water partition coefficient (Wildman–Crippen LogP) is 6.52. The molecule has 0 N–H and O–H groups in total. The molecular weight excluding hydrogens is 409 g/mol. The predicted molar refractivity (Wildman–Crippen MR) is 123 cm³/mol. The van der Waals surface area contributed by atoms with Gasteiger partial charge >= 0.3 is 0 Å². The quantitative estimate of drug-likeness (QED) is 0.451. The van der Waals surface area contributed by atoms with E-state index in [1.807, 2.05) is 12.1 Å².